The molecule has 0 aliphatic carbocycles. The van der Waals surface area contributed by atoms with Crippen LogP contribution in [0.5, 0.6) is 0 Å². The summed E-state index contributed by atoms with van der Waals surface area (Å²) in [4.78, 5) is 19.7. The Hall–Kier alpha value is -3.40. The Labute approximate surface area is 176 Å². The summed E-state index contributed by atoms with van der Waals surface area (Å²) in [6, 6.07) is 27.1. The van der Waals surface area contributed by atoms with Crippen LogP contribution in [0.4, 0.5) is 0 Å². The maximum Gasteiger partial charge on any atom is 0.223 e. The standard InChI is InChI=1S/C26H25N3O/c1-19-11-13-21(14-12-19)17-29-24-10-6-5-9-23(24)27-26(29)22-15-25(30)28(18-22)16-20-7-3-2-4-8-20/h2-14,22H,15-18H2,1H3/t22-/m0/s1. The van der Waals surface area contributed by atoms with Crippen molar-refractivity contribution in [2.75, 3.05) is 6.54 Å². The number of para-hydroxylation sites is 2. The first-order valence-corrected chi connectivity index (χ1v) is 10.5. The number of nitrogens with zero attached hydrogens (tertiary/aromatic N) is 3. The van der Waals surface area contributed by atoms with Gasteiger partial charge in [-0.3, -0.25) is 4.79 Å². The van der Waals surface area contributed by atoms with Crippen LogP contribution in [0.1, 0.15) is 34.9 Å². The van der Waals surface area contributed by atoms with Crippen molar-refractivity contribution in [3.8, 4) is 0 Å². The van der Waals surface area contributed by atoms with Crippen LogP contribution in [-0.4, -0.2) is 26.9 Å². The molecule has 0 bridgehead atoms. The molecule has 4 heteroatoms. The van der Waals surface area contributed by atoms with Gasteiger partial charge in [0, 0.05) is 32.0 Å². The van der Waals surface area contributed by atoms with Crippen molar-refractivity contribution in [2.24, 2.45) is 0 Å². The van der Waals surface area contributed by atoms with E-state index in [1.807, 2.05) is 29.2 Å². The van der Waals surface area contributed by atoms with Gasteiger partial charge in [0.15, 0.2) is 0 Å². The van der Waals surface area contributed by atoms with Crippen LogP contribution >= 0.6 is 0 Å². The third-order valence-corrected chi connectivity index (χ3v) is 5.94. The number of fused-ring (bicyclic) bond motifs is 1. The van der Waals surface area contributed by atoms with Gasteiger partial charge in [0.2, 0.25) is 5.91 Å². The number of rotatable bonds is 5. The van der Waals surface area contributed by atoms with Gasteiger partial charge in [-0.1, -0.05) is 72.3 Å². The zero-order chi connectivity index (χ0) is 20.5. The molecule has 0 saturated carbocycles. The Morgan fingerprint density at radius 3 is 2.37 bits per heavy atom. The largest absolute Gasteiger partial charge is 0.338 e. The Kier molecular flexibility index (Phi) is 4.83. The van der Waals surface area contributed by atoms with Crippen LogP contribution in [0.25, 0.3) is 11.0 Å². The summed E-state index contributed by atoms with van der Waals surface area (Å²) in [5.74, 6) is 1.33. The highest BCUT2D eigenvalue weighted by atomic mass is 16.2. The van der Waals surface area contributed by atoms with Crippen LogP contribution in [0.3, 0.4) is 0 Å². The van der Waals surface area contributed by atoms with E-state index in [9.17, 15) is 4.79 Å². The average Bonchev–Trinajstić information content (AvgIpc) is 3.31. The van der Waals surface area contributed by atoms with E-state index < -0.39 is 0 Å². The van der Waals surface area contributed by atoms with Crippen molar-refractivity contribution < 1.29 is 4.79 Å². The highest BCUT2D eigenvalue weighted by Crippen LogP contribution is 2.31. The second kappa shape index (κ2) is 7.79. The molecular weight excluding hydrogens is 370 g/mol. The number of carbonyl (C=O) groups excluding carboxylic acids is 1. The molecule has 1 saturated heterocycles. The summed E-state index contributed by atoms with van der Waals surface area (Å²) in [6.45, 7) is 4.24. The molecule has 0 unspecified atom stereocenters. The number of carbonyl (C=O) groups is 1. The fourth-order valence-electron chi connectivity index (χ4n) is 4.35. The van der Waals surface area contributed by atoms with E-state index in [2.05, 4.69) is 66.1 Å². The summed E-state index contributed by atoms with van der Waals surface area (Å²) in [7, 11) is 0. The monoisotopic (exact) mass is 395 g/mol. The van der Waals surface area contributed by atoms with Gasteiger partial charge in [0.05, 0.1) is 11.0 Å². The molecule has 1 aliphatic rings. The predicted molar refractivity (Wildman–Crippen MR) is 119 cm³/mol. The number of benzene rings is 3. The lowest BCUT2D eigenvalue weighted by Gasteiger charge is -2.17. The minimum absolute atomic E-state index is 0.110. The lowest BCUT2D eigenvalue weighted by Crippen LogP contribution is -2.24. The lowest BCUT2D eigenvalue weighted by molar-refractivity contribution is -0.128. The van der Waals surface area contributed by atoms with Crippen LogP contribution in [0, 0.1) is 6.92 Å². The number of hydrogen-bond acceptors (Lipinski definition) is 2. The molecule has 1 aromatic heterocycles. The van der Waals surface area contributed by atoms with E-state index in [1.54, 1.807) is 0 Å². The molecule has 30 heavy (non-hydrogen) atoms. The zero-order valence-corrected chi connectivity index (χ0v) is 17.2. The number of aryl methyl sites for hydroxylation is 1. The summed E-state index contributed by atoms with van der Waals surface area (Å²) in [6.07, 6.45) is 0.518. The first-order chi connectivity index (χ1) is 14.7. The molecule has 3 aromatic carbocycles. The van der Waals surface area contributed by atoms with Crippen molar-refractivity contribution in [3.05, 3.63) is 101 Å². The quantitative estimate of drug-likeness (QED) is 0.482. The molecule has 1 fully saturated rings. The molecule has 0 radical (unpaired) electrons. The highest BCUT2D eigenvalue weighted by molar-refractivity contribution is 5.81. The Balaban J connectivity index is 1.46. The van der Waals surface area contributed by atoms with Gasteiger partial charge >= 0.3 is 0 Å². The molecule has 2 heterocycles. The summed E-state index contributed by atoms with van der Waals surface area (Å²) in [5.41, 5.74) is 5.79. The molecule has 4 nitrogen and oxygen atoms in total. The average molecular weight is 396 g/mol. The van der Waals surface area contributed by atoms with E-state index >= 15 is 0 Å². The molecule has 0 N–H and O–H groups in total. The van der Waals surface area contributed by atoms with Crippen molar-refractivity contribution in [1.29, 1.82) is 0 Å². The van der Waals surface area contributed by atoms with Crippen LogP contribution < -0.4 is 0 Å². The topological polar surface area (TPSA) is 38.1 Å². The van der Waals surface area contributed by atoms with Gasteiger partial charge in [0.1, 0.15) is 5.82 Å². The first kappa shape index (κ1) is 18.6. The Bertz CT molecular complexity index is 1180. The molecule has 0 spiro atoms. The van der Waals surface area contributed by atoms with Gasteiger partial charge in [-0.15, -0.1) is 0 Å². The Morgan fingerprint density at radius 2 is 1.57 bits per heavy atom. The van der Waals surface area contributed by atoms with Gasteiger partial charge in [0.25, 0.3) is 0 Å². The number of likely N-dealkylation sites (tertiary alicyclic amines) is 1. The normalized spacial score (nSPS) is 16.5. The van der Waals surface area contributed by atoms with Crippen LogP contribution in [0.2, 0.25) is 0 Å². The number of amides is 1. The molecule has 4 aromatic rings. The number of hydrogen-bond donors (Lipinski definition) is 0. The summed E-state index contributed by atoms with van der Waals surface area (Å²) in [5, 5.41) is 0. The molecule has 150 valence electrons. The van der Waals surface area contributed by atoms with E-state index in [0.717, 1.165) is 23.4 Å². The smallest absolute Gasteiger partial charge is 0.223 e. The molecule has 1 atom stereocenters. The second-order valence-electron chi connectivity index (χ2n) is 8.19. The van der Waals surface area contributed by atoms with Crippen molar-refractivity contribution in [3.63, 3.8) is 0 Å². The number of aromatic nitrogens is 2. The SMILES string of the molecule is Cc1ccc(Cn2c([C@H]3CC(=O)N(Cc4ccccc4)C3)nc3ccccc32)cc1. The van der Waals surface area contributed by atoms with Crippen molar-refractivity contribution >= 4 is 16.9 Å². The lowest BCUT2D eigenvalue weighted by atomic mass is 10.1. The minimum atomic E-state index is 0.110. The van der Waals surface area contributed by atoms with Gasteiger partial charge in [-0.25, -0.2) is 4.98 Å². The highest BCUT2D eigenvalue weighted by Gasteiger charge is 2.34. The maximum absolute atomic E-state index is 12.8. The second-order valence-corrected chi connectivity index (χ2v) is 8.19. The van der Waals surface area contributed by atoms with Gasteiger partial charge < -0.3 is 9.47 Å². The summed E-state index contributed by atoms with van der Waals surface area (Å²) < 4.78 is 2.30. The maximum atomic E-state index is 12.8. The van der Waals surface area contributed by atoms with E-state index in [4.69, 9.17) is 4.98 Å². The molecule has 1 amide bonds. The third-order valence-electron chi connectivity index (χ3n) is 5.94. The fraction of sp³-hybridized carbons (Fsp3) is 0.231. The zero-order valence-electron chi connectivity index (χ0n) is 17.2. The first-order valence-electron chi connectivity index (χ1n) is 10.5. The summed E-state index contributed by atoms with van der Waals surface area (Å²) >= 11 is 0. The van der Waals surface area contributed by atoms with Crippen molar-refractivity contribution in [2.45, 2.75) is 32.4 Å². The van der Waals surface area contributed by atoms with Crippen LogP contribution in [0.15, 0.2) is 78.9 Å². The third kappa shape index (κ3) is 3.61. The molecular formula is C26H25N3O. The van der Waals surface area contributed by atoms with Gasteiger partial charge in [-0.2, -0.15) is 0 Å². The predicted octanol–water partition coefficient (Wildman–Crippen LogP) is 4.91. The fourth-order valence-corrected chi connectivity index (χ4v) is 4.35. The van der Waals surface area contributed by atoms with E-state index in [-0.39, 0.29) is 11.8 Å². The van der Waals surface area contributed by atoms with E-state index in [0.29, 0.717) is 19.5 Å². The van der Waals surface area contributed by atoms with Gasteiger partial charge in [-0.05, 0) is 30.2 Å². The molecule has 5 rings (SSSR count). The van der Waals surface area contributed by atoms with Crippen molar-refractivity contribution in [1.82, 2.24) is 14.5 Å². The molecule has 1 aliphatic heterocycles. The minimum Gasteiger partial charge on any atom is -0.338 e. The number of imidazole rings is 1. The van der Waals surface area contributed by atoms with E-state index in [1.165, 1.54) is 16.7 Å². The Morgan fingerprint density at radius 1 is 0.867 bits per heavy atom. The van der Waals surface area contributed by atoms with Crippen LogP contribution in [-0.2, 0) is 17.9 Å².